The molecule has 0 saturated carbocycles. The molecule has 0 radical (unpaired) electrons. The number of halogens is 1. The van der Waals surface area contributed by atoms with Gasteiger partial charge in [0.05, 0.1) is 5.71 Å². The Hall–Kier alpha value is -2.89. The summed E-state index contributed by atoms with van der Waals surface area (Å²) in [4.78, 5) is 14.6. The van der Waals surface area contributed by atoms with Crippen LogP contribution in [0.3, 0.4) is 0 Å². The number of carbonyl (C=O) groups excluding carboxylic acids is 1. The first-order valence-electron chi connectivity index (χ1n) is 6.55. The van der Waals surface area contributed by atoms with E-state index in [0.717, 1.165) is 0 Å². The Morgan fingerprint density at radius 1 is 1.27 bits per heavy atom. The van der Waals surface area contributed by atoms with Gasteiger partial charge in [-0.2, -0.15) is 0 Å². The molecule has 0 aliphatic carbocycles. The number of anilines is 1. The average Bonchev–Trinajstić information content (AvgIpc) is 2.47. The predicted molar refractivity (Wildman–Crippen MR) is 84.2 cm³/mol. The second-order valence-electron chi connectivity index (χ2n) is 4.60. The Morgan fingerprint density at radius 3 is 2.64 bits per heavy atom. The van der Waals surface area contributed by atoms with Crippen LogP contribution in [0.4, 0.5) is 14.9 Å². The molecule has 22 heavy (non-hydrogen) atoms. The first-order valence-corrected chi connectivity index (χ1v) is 6.55. The molecule has 114 valence electrons. The van der Waals surface area contributed by atoms with Gasteiger partial charge >= 0.3 is 6.09 Å². The fraction of sp³-hybridized carbons (Fsp3) is 0.125. The fourth-order valence-electron chi connectivity index (χ4n) is 2.05. The molecule has 0 aromatic heterocycles. The number of aliphatic imine (C=N–C) groups is 1. The summed E-state index contributed by atoms with van der Waals surface area (Å²) < 4.78 is 19.0. The van der Waals surface area contributed by atoms with Gasteiger partial charge in [-0.25, -0.2) is 9.18 Å². The summed E-state index contributed by atoms with van der Waals surface area (Å²) in [6.45, 7) is -0.108. The van der Waals surface area contributed by atoms with Crippen molar-refractivity contribution >= 4 is 17.5 Å². The number of carbonyl (C=O) groups is 1. The lowest BCUT2D eigenvalue weighted by atomic mass is 10.0. The summed E-state index contributed by atoms with van der Waals surface area (Å²) in [5.41, 5.74) is 13.3. The van der Waals surface area contributed by atoms with Gasteiger partial charge in [0.25, 0.3) is 0 Å². The van der Waals surface area contributed by atoms with Crippen molar-refractivity contribution in [3.63, 3.8) is 0 Å². The molecule has 2 aromatic carbocycles. The van der Waals surface area contributed by atoms with Crippen molar-refractivity contribution in [2.45, 2.75) is 0 Å². The molecule has 2 aromatic rings. The highest BCUT2D eigenvalue weighted by Gasteiger charge is 2.11. The molecule has 0 bridgehead atoms. The molecule has 0 aliphatic rings. The Balaban J connectivity index is 2.31. The number of hydrogen-bond acceptors (Lipinski definition) is 4. The lowest BCUT2D eigenvalue weighted by Gasteiger charge is -2.09. The molecule has 1 amide bonds. The number of benzene rings is 2. The molecule has 0 atom stereocenters. The van der Waals surface area contributed by atoms with Gasteiger partial charge in [0, 0.05) is 23.9 Å². The molecule has 6 heteroatoms. The molecule has 0 unspecified atom stereocenters. The highest BCUT2D eigenvalue weighted by molar-refractivity contribution is 6.02. The van der Waals surface area contributed by atoms with Crippen molar-refractivity contribution in [1.82, 2.24) is 0 Å². The van der Waals surface area contributed by atoms with Crippen LogP contribution in [-0.4, -0.2) is 25.5 Å². The smallest absolute Gasteiger partial charge is 0.404 e. The number of ether oxygens (including phenoxy) is 1. The second-order valence-corrected chi connectivity index (χ2v) is 4.60. The summed E-state index contributed by atoms with van der Waals surface area (Å²) in [6.07, 6.45) is -0.905. The largest absolute Gasteiger partial charge is 0.443 e. The number of hydrogen-bond donors (Lipinski definition) is 2. The van der Waals surface area contributed by atoms with Crippen LogP contribution < -0.4 is 11.5 Å². The number of nitrogens with two attached hydrogens (primary N) is 2. The van der Waals surface area contributed by atoms with Crippen molar-refractivity contribution in [2.24, 2.45) is 10.7 Å². The van der Waals surface area contributed by atoms with Gasteiger partial charge in [-0.3, -0.25) is 4.99 Å². The number of primary amides is 1. The maximum Gasteiger partial charge on any atom is 0.404 e. The lowest BCUT2D eigenvalue weighted by Crippen LogP contribution is -2.19. The van der Waals surface area contributed by atoms with Gasteiger partial charge in [-0.15, -0.1) is 0 Å². The van der Waals surface area contributed by atoms with Crippen LogP contribution >= 0.6 is 0 Å². The van der Waals surface area contributed by atoms with E-state index in [0.29, 0.717) is 28.1 Å². The van der Waals surface area contributed by atoms with E-state index in [4.69, 9.17) is 11.5 Å². The highest BCUT2D eigenvalue weighted by Crippen LogP contribution is 2.25. The van der Waals surface area contributed by atoms with Crippen LogP contribution in [0.1, 0.15) is 5.56 Å². The zero-order valence-electron chi connectivity index (χ0n) is 12.0. The van der Waals surface area contributed by atoms with Crippen molar-refractivity contribution in [1.29, 1.82) is 0 Å². The molecule has 4 N–H and O–H groups in total. The van der Waals surface area contributed by atoms with Gasteiger partial charge in [0.15, 0.2) is 0 Å². The van der Waals surface area contributed by atoms with Gasteiger partial charge in [-0.05, 0) is 23.8 Å². The molecular formula is C16H16FN3O2. The van der Waals surface area contributed by atoms with Crippen LogP contribution in [0.25, 0.3) is 11.1 Å². The van der Waals surface area contributed by atoms with Gasteiger partial charge < -0.3 is 16.2 Å². The van der Waals surface area contributed by atoms with Crippen LogP contribution in [0.15, 0.2) is 47.5 Å². The van der Waals surface area contributed by atoms with E-state index in [9.17, 15) is 9.18 Å². The van der Waals surface area contributed by atoms with E-state index in [1.807, 2.05) is 0 Å². The van der Waals surface area contributed by atoms with Crippen LogP contribution in [0.5, 0.6) is 0 Å². The lowest BCUT2D eigenvalue weighted by molar-refractivity contribution is 0.173. The van der Waals surface area contributed by atoms with E-state index in [2.05, 4.69) is 9.73 Å². The SMILES string of the molecule is CN=C(COC(N)=O)c1ccc(-c2cccc(N)c2)c(F)c1. The minimum atomic E-state index is -0.905. The minimum absolute atomic E-state index is 0.108. The summed E-state index contributed by atoms with van der Waals surface area (Å²) >= 11 is 0. The monoisotopic (exact) mass is 301 g/mol. The predicted octanol–water partition coefficient (Wildman–Crippen LogP) is 2.59. The fourth-order valence-corrected chi connectivity index (χ4v) is 2.05. The molecular weight excluding hydrogens is 285 g/mol. The number of nitrogens with zero attached hydrogens (tertiary/aromatic N) is 1. The first-order chi connectivity index (χ1) is 10.5. The molecule has 0 aliphatic heterocycles. The normalized spacial score (nSPS) is 11.3. The molecule has 0 fully saturated rings. The van der Waals surface area contributed by atoms with Crippen LogP contribution in [-0.2, 0) is 4.74 Å². The Bertz CT molecular complexity index is 729. The van der Waals surface area contributed by atoms with E-state index < -0.39 is 11.9 Å². The van der Waals surface area contributed by atoms with Gasteiger partial charge in [0.2, 0.25) is 0 Å². The Labute approximate surface area is 127 Å². The minimum Gasteiger partial charge on any atom is -0.443 e. The van der Waals surface area contributed by atoms with Gasteiger partial charge in [0.1, 0.15) is 12.4 Å². The van der Waals surface area contributed by atoms with E-state index in [-0.39, 0.29) is 6.61 Å². The van der Waals surface area contributed by atoms with Crippen LogP contribution in [0.2, 0.25) is 0 Å². The maximum absolute atomic E-state index is 14.3. The van der Waals surface area contributed by atoms with Gasteiger partial charge in [-0.1, -0.05) is 24.3 Å². The Morgan fingerprint density at radius 2 is 2.05 bits per heavy atom. The van der Waals surface area contributed by atoms with Crippen LogP contribution in [0, 0.1) is 5.82 Å². The molecule has 0 spiro atoms. The van der Waals surface area contributed by atoms with Crippen molar-refractivity contribution < 1.29 is 13.9 Å². The molecule has 0 saturated heterocycles. The first kappa shape index (κ1) is 15.5. The summed E-state index contributed by atoms with van der Waals surface area (Å²) in [6, 6.07) is 11.6. The molecule has 5 nitrogen and oxygen atoms in total. The Kier molecular flexibility index (Phi) is 4.73. The summed E-state index contributed by atoms with van der Waals surface area (Å²) in [5, 5.41) is 0. The summed E-state index contributed by atoms with van der Waals surface area (Å²) in [7, 11) is 1.53. The van der Waals surface area contributed by atoms with Crippen molar-refractivity contribution in [2.75, 3.05) is 19.4 Å². The standard InChI is InChI=1S/C16H16FN3O2/c1-20-15(9-22-16(19)21)11-5-6-13(14(17)8-11)10-3-2-4-12(18)7-10/h2-8H,9,18H2,1H3,(H2,19,21). The number of amides is 1. The third-order valence-electron chi connectivity index (χ3n) is 3.12. The van der Waals surface area contributed by atoms with E-state index in [1.165, 1.54) is 13.1 Å². The second kappa shape index (κ2) is 6.71. The third kappa shape index (κ3) is 3.60. The highest BCUT2D eigenvalue weighted by atomic mass is 19.1. The zero-order valence-corrected chi connectivity index (χ0v) is 12.0. The molecule has 2 rings (SSSR count). The zero-order chi connectivity index (χ0) is 16.1. The number of rotatable bonds is 4. The summed E-state index contributed by atoms with van der Waals surface area (Å²) in [5.74, 6) is -0.414. The maximum atomic E-state index is 14.3. The molecule has 0 heterocycles. The quantitative estimate of drug-likeness (QED) is 0.671. The van der Waals surface area contributed by atoms with E-state index >= 15 is 0 Å². The number of nitrogen functional groups attached to an aromatic ring is 1. The van der Waals surface area contributed by atoms with Crippen molar-refractivity contribution in [3.8, 4) is 11.1 Å². The van der Waals surface area contributed by atoms with Crippen molar-refractivity contribution in [3.05, 3.63) is 53.8 Å². The van der Waals surface area contributed by atoms with E-state index in [1.54, 1.807) is 36.4 Å². The third-order valence-corrected chi connectivity index (χ3v) is 3.12. The topological polar surface area (TPSA) is 90.7 Å². The average molecular weight is 301 g/mol.